The van der Waals surface area contributed by atoms with Gasteiger partial charge >= 0.3 is 6.18 Å². The summed E-state index contributed by atoms with van der Waals surface area (Å²) in [6, 6.07) is 15.8. The molecular weight excluding hydrogens is 435 g/mol. The average molecular weight is 460 g/mol. The first-order valence-corrected chi connectivity index (χ1v) is 10.9. The largest absolute Gasteiger partial charge is 0.416 e. The van der Waals surface area contributed by atoms with Gasteiger partial charge in [0.2, 0.25) is 0 Å². The Kier molecular flexibility index (Phi) is 7.95. The molecule has 6 heteroatoms. The number of nitriles is 2. The highest BCUT2D eigenvalue weighted by molar-refractivity contribution is 5.38. The molecule has 3 rings (SSSR count). The van der Waals surface area contributed by atoms with Gasteiger partial charge in [-0.25, -0.2) is 0 Å². The van der Waals surface area contributed by atoms with Gasteiger partial charge in [0, 0.05) is 23.6 Å². The molecule has 3 nitrogen and oxygen atoms in total. The van der Waals surface area contributed by atoms with Gasteiger partial charge in [0.1, 0.15) is 0 Å². The molecule has 3 atom stereocenters. The summed E-state index contributed by atoms with van der Waals surface area (Å²) in [7, 11) is 0. The number of rotatable bonds is 8. The Bertz CT molecular complexity index is 1260. The second-order valence-electron chi connectivity index (χ2n) is 8.33. The number of alkyl halides is 3. The van der Waals surface area contributed by atoms with Crippen molar-refractivity contribution in [1.29, 1.82) is 10.5 Å². The van der Waals surface area contributed by atoms with Crippen molar-refractivity contribution in [1.82, 2.24) is 5.32 Å². The van der Waals surface area contributed by atoms with Gasteiger partial charge < -0.3 is 5.32 Å². The van der Waals surface area contributed by atoms with E-state index < -0.39 is 17.8 Å². The molecule has 1 aliphatic carbocycles. The average Bonchev–Trinajstić information content (AvgIpc) is 2.83. The Morgan fingerprint density at radius 2 is 1.74 bits per heavy atom. The number of benzene rings is 2. The summed E-state index contributed by atoms with van der Waals surface area (Å²) in [5.41, 5.74) is 9.25. The van der Waals surface area contributed by atoms with E-state index in [2.05, 4.69) is 28.9 Å². The van der Waals surface area contributed by atoms with E-state index in [0.29, 0.717) is 17.5 Å². The summed E-state index contributed by atoms with van der Waals surface area (Å²) in [6.45, 7) is 3.87. The number of nitrogens with one attached hydrogen (secondary N) is 1. The van der Waals surface area contributed by atoms with Crippen molar-refractivity contribution >= 4 is 0 Å². The quantitative estimate of drug-likeness (QED) is 0.438. The van der Waals surface area contributed by atoms with Crippen molar-refractivity contribution in [2.45, 2.75) is 50.9 Å². The Morgan fingerprint density at radius 3 is 2.38 bits per heavy atom. The minimum absolute atomic E-state index is 0.0149. The molecule has 0 aliphatic heterocycles. The predicted molar refractivity (Wildman–Crippen MR) is 124 cm³/mol. The fourth-order valence-corrected chi connectivity index (χ4v) is 4.00. The van der Waals surface area contributed by atoms with E-state index in [1.165, 1.54) is 6.07 Å². The van der Waals surface area contributed by atoms with Crippen LogP contribution >= 0.6 is 0 Å². The van der Waals surface area contributed by atoms with Gasteiger partial charge in [-0.1, -0.05) is 41.8 Å². The van der Waals surface area contributed by atoms with Crippen molar-refractivity contribution in [3.8, 4) is 12.1 Å². The molecule has 0 fully saturated rings. The molecule has 2 aromatic carbocycles. The molecule has 172 valence electrons. The summed E-state index contributed by atoms with van der Waals surface area (Å²) in [4.78, 5) is 0. The van der Waals surface area contributed by atoms with Crippen LogP contribution in [0.2, 0.25) is 0 Å². The smallest absolute Gasteiger partial charge is 0.306 e. The molecule has 0 radical (unpaired) electrons. The lowest BCUT2D eigenvalue weighted by Crippen LogP contribution is -2.35. The topological polar surface area (TPSA) is 59.6 Å². The molecule has 0 spiro atoms. The van der Waals surface area contributed by atoms with Crippen molar-refractivity contribution in [3.05, 3.63) is 106 Å². The van der Waals surface area contributed by atoms with Crippen LogP contribution in [0.3, 0.4) is 0 Å². The zero-order valence-corrected chi connectivity index (χ0v) is 18.9. The van der Waals surface area contributed by atoms with E-state index in [1.54, 1.807) is 12.1 Å². The Balaban J connectivity index is 1.95. The number of hydrogen-bond donors (Lipinski definition) is 1. The molecule has 1 aliphatic rings. The standard InChI is InChI=1S/C28H24F3N3/c1-19-9-11-21(12-10-19)16-26(23-6-3-5-22(15-23)18-33)20(2)34-27(13-14-32)24-7-4-8-25(17-24)28(29,30)31/h3-9,11,15,17,20,26-27,34H,13,16H2,1-2H3/t20-,26+,27?/m0/s1. The molecule has 0 saturated heterocycles. The molecule has 0 bridgehead atoms. The Morgan fingerprint density at radius 1 is 1.00 bits per heavy atom. The van der Waals surface area contributed by atoms with E-state index in [4.69, 9.17) is 0 Å². The third-order valence-electron chi connectivity index (χ3n) is 5.82. The molecule has 0 heterocycles. The van der Waals surface area contributed by atoms with Crippen molar-refractivity contribution < 1.29 is 13.2 Å². The van der Waals surface area contributed by atoms with E-state index in [1.807, 2.05) is 44.2 Å². The van der Waals surface area contributed by atoms with E-state index in [-0.39, 0.29) is 18.4 Å². The molecule has 1 N–H and O–H groups in total. The first kappa shape index (κ1) is 24.8. The first-order valence-electron chi connectivity index (χ1n) is 10.9. The SMILES string of the molecule is CC1=C=C=C(C[C@@H](c2cccc(C#N)c2)[C@H](C)NC(CC#N)c2cccc(C(F)(F)F)c2)C=C1. The van der Waals surface area contributed by atoms with Crippen LogP contribution in [0.4, 0.5) is 13.2 Å². The van der Waals surface area contributed by atoms with E-state index in [0.717, 1.165) is 28.8 Å². The number of hydrogen-bond acceptors (Lipinski definition) is 3. The summed E-state index contributed by atoms with van der Waals surface area (Å²) in [6.07, 6.45) is 0.0622. The second kappa shape index (κ2) is 10.9. The van der Waals surface area contributed by atoms with Crippen LogP contribution in [-0.2, 0) is 6.18 Å². The Labute approximate surface area is 197 Å². The lowest BCUT2D eigenvalue weighted by molar-refractivity contribution is -0.137. The van der Waals surface area contributed by atoms with Gasteiger partial charge in [0.05, 0.1) is 29.7 Å². The van der Waals surface area contributed by atoms with Gasteiger partial charge in [-0.15, -0.1) is 0 Å². The summed E-state index contributed by atoms with van der Waals surface area (Å²) in [5.74, 6) is -0.118. The van der Waals surface area contributed by atoms with Crippen LogP contribution in [0, 0.1) is 22.7 Å². The van der Waals surface area contributed by atoms with E-state index >= 15 is 0 Å². The maximum Gasteiger partial charge on any atom is 0.416 e. The monoisotopic (exact) mass is 459 g/mol. The fraction of sp³-hybridized carbons (Fsp3) is 0.286. The summed E-state index contributed by atoms with van der Waals surface area (Å²) < 4.78 is 39.8. The predicted octanol–water partition coefficient (Wildman–Crippen LogP) is 6.88. The van der Waals surface area contributed by atoms with Crippen LogP contribution in [0.1, 0.15) is 60.9 Å². The highest BCUT2D eigenvalue weighted by Gasteiger charge is 2.31. The third-order valence-corrected chi connectivity index (χ3v) is 5.82. The van der Waals surface area contributed by atoms with Gasteiger partial charge in [0.25, 0.3) is 0 Å². The molecule has 0 aromatic heterocycles. The summed E-state index contributed by atoms with van der Waals surface area (Å²) >= 11 is 0. The molecule has 0 saturated carbocycles. The molecule has 1 unspecified atom stereocenters. The number of nitrogens with zero attached hydrogens (tertiary/aromatic N) is 2. The highest BCUT2D eigenvalue weighted by atomic mass is 19.4. The van der Waals surface area contributed by atoms with Crippen LogP contribution in [0.25, 0.3) is 0 Å². The second-order valence-corrected chi connectivity index (χ2v) is 8.33. The Hall–Kier alpha value is -3.79. The van der Waals surface area contributed by atoms with Crippen LogP contribution in [0.15, 0.2) is 83.3 Å². The highest BCUT2D eigenvalue weighted by Crippen LogP contribution is 2.33. The fourth-order valence-electron chi connectivity index (χ4n) is 4.00. The van der Waals surface area contributed by atoms with Gasteiger partial charge in [0.15, 0.2) is 0 Å². The third kappa shape index (κ3) is 6.38. The minimum atomic E-state index is -4.46. The van der Waals surface area contributed by atoms with Crippen LogP contribution < -0.4 is 5.32 Å². The lowest BCUT2D eigenvalue weighted by atomic mass is 9.84. The van der Waals surface area contributed by atoms with Gasteiger partial charge in [-0.05, 0) is 67.3 Å². The molecule has 2 aromatic rings. The van der Waals surface area contributed by atoms with Crippen molar-refractivity contribution in [2.75, 3.05) is 0 Å². The van der Waals surface area contributed by atoms with Gasteiger partial charge in [-0.3, -0.25) is 0 Å². The van der Waals surface area contributed by atoms with Gasteiger partial charge in [-0.2, -0.15) is 23.7 Å². The van der Waals surface area contributed by atoms with E-state index in [9.17, 15) is 23.7 Å². The number of halogens is 3. The number of allylic oxidation sites excluding steroid dienone is 4. The normalized spacial score (nSPS) is 15.5. The zero-order valence-electron chi connectivity index (χ0n) is 18.9. The lowest BCUT2D eigenvalue weighted by Gasteiger charge is -2.30. The van der Waals surface area contributed by atoms with Crippen LogP contribution in [0.5, 0.6) is 0 Å². The maximum atomic E-state index is 13.3. The maximum absolute atomic E-state index is 13.3. The van der Waals surface area contributed by atoms with Crippen molar-refractivity contribution in [3.63, 3.8) is 0 Å². The molecule has 0 amide bonds. The summed E-state index contributed by atoms with van der Waals surface area (Å²) in [5, 5.41) is 22.1. The van der Waals surface area contributed by atoms with Crippen molar-refractivity contribution in [2.24, 2.45) is 0 Å². The first-order chi connectivity index (χ1) is 16.2. The minimum Gasteiger partial charge on any atom is -0.306 e. The molecular formula is C28H24F3N3. The zero-order chi connectivity index (χ0) is 24.7. The molecule has 34 heavy (non-hydrogen) atoms. The van der Waals surface area contributed by atoms with Crippen LogP contribution in [-0.4, -0.2) is 6.04 Å².